The predicted molar refractivity (Wildman–Crippen MR) is 44.5 cm³/mol. The molecule has 0 unspecified atom stereocenters. The highest BCUT2D eigenvalue weighted by atomic mass is 16.7. The molecular weight excluding hydrogens is 140 g/mol. The molecule has 0 aromatic heterocycles. The van der Waals surface area contributed by atoms with E-state index in [0.717, 1.165) is 26.1 Å². The van der Waals surface area contributed by atoms with Crippen molar-refractivity contribution in [2.45, 2.75) is 45.3 Å². The maximum atomic E-state index is 5.61. The van der Waals surface area contributed by atoms with Gasteiger partial charge in [0.05, 0.1) is 0 Å². The highest BCUT2D eigenvalue weighted by molar-refractivity contribution is 4.76. The van der Waals surface area contributed by atoms with Crippen molar-refractivity contribution in [1.29, 1.82) is 0 Å². The summed E-state index contributed by atoms with van der Waals surface area (Å²) < 4.78 is 11.2. The average molecular weight is 158 g/mol. The molecule has 0 bridgehead atoms. The summed E-state index contributed by atoms with van der Waals surface area (Å²) in [6, 6.07) is 0. The Labute approximate surface area is 68.9 Å². The molecular formula is C9H18O2. The Bertz CT molecular complexity index is 98.1. The van der Waals surface area contributed by atoms with Gasteiger partial charge in [0.25, 0.3) is 0 Å². The lowest BCUT2D eigenvalue weighted by molar-refractivity contribution is -0.227. The Morgan fingerprint density at radius 1 is 1.00 bits per heavy atom. The van der Waals surface area contributed by atoms with E-state index in [4.69, 9.17) is 9.47 Å². The van der Waals surface area contributed by atoms with Crippen molar-refractivity contribution in [3.63, 3.8) is 0 Å². The van der Waals surface area contributed by atoms with Gasteiger partial charge in [-0.3, -0.25) is 0 Å². The summed E-state index contributed by atoms with van der Waals surface area (Å²) in [5.41, 5.74) is 0. The molecule has 0 saturated heterocycles. The number of rotatable bonds is 4. The molecule has 1 aliphatic rings. The Kier molecular flexibility index (Phi) is 3.34. The molecule has 1 saturated carbocycles. The smallest absolute Gasteiger partial charge is 0.168 e. The highest BCUT2D eigenvalue weighted by Crippen LogP contribution is 2.33. The van der Waals surface area contributed by atoms with Gasteiger partial charge in [-0.2, -0.15) is 0 Å². The molecule has 11 heavy (non-hydrogen) atoms. The van der Waals surface area contributed by atoms with Gasteiger partial charge < -0.3 is 9.47 Å². The molecule has 2 nitrogen and oxygen atoms in total. The largest absolute Gasteiger partial charge is 0.350 e. The zero-order valence-corrected chi connectivity index (χ0v) is 7.56. The van der Waals surface area contributed by atoms with E-state index in [1.807, 2.05) is 13.8 Å². The minimum Gasteiger partial charge on any atom is -0.350 e. The van der Waals surface area contributed by atoms with E-state index in [9.17, 15) is 0 Å². The topological polar surface area (TPSA) is 18.5 Å². The lowest BCUT2D eigenvalue weighted by Gasteiger charge is -2.28. The molecule has 0 N–H and O–H groups in total. The maximum absolute atomic E-state index is 5.61. The van der Waals surface area contributed by atoms with Crippen LogP contribution in [0.3, 0.4) is 0 Å². The van der Waals surface area contributed by atoms with Gasteiger partial charge in [-0.25, -0.2) is 0 Å². The van der Waals surface area contributed by atoms with Crippen LogP contribution in [0.5, 0.6) is 0 Å². The fourth-order valence-corrected chi connectivity index (χ4v) is 1.77. The first-order valence-electron chi connectivity index (χ1n) is 4.61. The van der Waals surface area contributed by atoms with Crippen LogP contribution in [-0.4, -0.2) is 19.0 Å². The highest BCUT2D eigenvalue weighted by Gasteiger charge is 2.34. The third kappa shape index (κ3) is 2.17. The first-order chi connectivity index (χ1) is 5.33. The summed E-state index contributed by atoms with van der Waals surface area (Å²) in [6.07, 6.45) is 4.66. The molecule has 0 aromatic carbocycles. The van der Waals surface area contributed by atoms with Gasteiger partial charge in [-0.15, -0.1) is 0 Å². The number of hydrogen-bond donors (Lipinski definition) is 0. The Morgan fingerprint density at radius 2 is 1.45 bits per heavy atom. The standard InChI is InChI=1S/C9H18O2/c1-3-10-9(11-4-2)7-5-6-8-9/h3-8H2,1-2H3. The van der Waals surface area contributed by atoms with Gasteiger partial charge in [0.2, 0.25) is 0 Å². The molecule has 0 aliphatic heterocycles. The molecule has 1 rings (SSSR count). The number of ether oxygens (including phenoxy) is 2. The van der Waals surface area contributed by atoms with Crippen LogP contribution in [0, 0.1) is 0 Å². The van der Waals surface area contributed by atoms with Crippen LogP contribution in [0.1, 0.15) is 39.5 Å². The monoisotopic (exact) mass is 158 g/mol. The van der Waals surface area contributed by atoms with Crippen molar-refractivity contribution in [3.8, 4) is 0 Å². The molecule has 66 valence electrons. The molecule has 0 atom stereocenters. The van der Waals surface area contributed by atoms with Crippen molar-refractivity contribution in [1.82, 2.24) is 0 Å². The molecule has 0 heterocycles. The van der Waals surface area contributed by atoms with Crippen LogP contribution in [-0.2, 0) is 9.47 Å². The van der Waals surface area contributed by atoms with Crippen LogP contribution in [0.25, 0.3) is 0 Å². The minimum absolute atomic E-state index is 0.205. The van der Waals surface area contributed by atoms with E-state index in [1.54, 1.807) is 0 Å². The normalized spacial score (nSPS) is 22.4. The molecule has 2 heteroatoms. The molecule has 1 fully saturated rings. The lowest BCUT2D eigenvalue weighted by Crippen LogP contribution is -2.32. The summed E-state index contributed by atoms with van der Waals surface area (Å²) in [5.74, 6) is -0.205. The molecule has 0 radical (unpaired) electrons. The van der Waals surface area contributed by atoms with Crippen LogP contribution in [0.4, 0.5) is 0 Å². The molecule has 0 spiro atoms. The van der Waals surface area contributed by atoms with Crippen molar-refractivity contribution >= 4 is 0 Å². The second kappa shape index (κ2) is 4.07. The van der Waals surface area contributed by atoms with Crippen LogP contribution in [0.15, 0.2) is 0 Å². The van der Waals surface area contributed by atoms with E-state index >= 15 is 0 Å². The zero-order chi connectivity index (χ0) is 8.16. The second-order valence-corrected chi connectivity index (χ2v) is 2.98. The fraction of sp³-hybridized carbons (Fsp3) is 1.00. The van der Waals surface area contributed by atoms with Gasteiger partial charge >= 0.3 is 0 Å². The summed E-state index contributed by atoms with van der Waals surface area (Å²) in [5, 5.41) is 0. The van der Waals surface area contributed by atoms with Crippen molar-refractivity contribution in [2.75, 3.05) is 13.2 Å². The van der Waals surface area contributed by atoms with Gasteiger partial charge in [-0.05, 0) is 26.7 Å². The van der Waals surface area contributed by atoms with Crippen LogP contribution >= 0.6 is 0 Å². The van der Waals surface area contributed by atoms with Crippen molar-refractivity contribution in [3.05, 3.63) is 0 Å². The van der Waals surface area contributed by atoms with E-state index < -0.39 is 0 Å². The van der Waals surface area contributed by atoms with Crippen LogP contribution in [0.2, 0.25) is 0 Å². The fourth-order valence-electron chi connectivity index (χ4n) is 1.77. The van der Waals surface area contributed by atoms with Crippen molar-refractivity contribution in [2.24, 2.45) is 0 Å². The first kappa shape index (κ1) is 9.01. The SMILES string of the molecule is CCOC1(OCC)CCCC1. The Morgan fingerprint density at radius 3 is 1.82 bits per heavy atom. The summed E-state index contributed by atoms with van der Waals surface area (Å²) in [7, 11) is 0. The summed E-state index contributed by atoms with van der Waals surface area (Å²) in [6.45, 7) is 5.58. The first-order valence-corrected chi connectivity index (χ1v) is 4.61. The minimum atomic E-state index is -0.205. The molecule has 1 aliphatic carbocycles. The maximum Gasteiger partial charge on any atom is 0.168 e. The summed E-state index contributed by atoms with van der Waals surface area (Å²) in [4.78, 5) is 0. The Balaban J connectivity index is 2.40. The zero-order valence-electron chi connectivity index (χ0n) is 7.56. The van der Waals surface area contributed by atoms with Gasteiger partial charge in [0, 0.05) is 26.1 Å². The average Bonchev–Trinajstić information content (AvgIpc) is 2.39. The quantitative estimate of drug-likeness (QED) is 0.585. The van der Waals surface area contributed by atoms with E-state index in [1.165, 1.54) is 12.8 Å². The van der Waals surface area contributed by atoms with Gasteiger partial charge in [0.15, 0.2) is 5.79 Å². The van der Waals surface area contributed by atoms with Crippen molar-refractivity contribution < 1.29 is 9.47 Å². The van der Waals surface area contributed by atoms with Crippen LogP contribution < -0.4 is 0 Å². The predicted octanol–water partition coefficient (Wildman–Crippen LogP) is 2.33. The van der Waals surface area contributed by atoms with E-state index in [-0.39, 0.29) is 5.79 Å². The van der Waals surface area contributed by atoms with E-state index in [2.05, 4.69) is 0 Å². The van der Waals surface area contributed by atoms with Gasteiger partial charge in [-0.1, -0.05) is 0 Å². The Hall–Kier alpha value is -0.0800. The third-order valence-corrected chi connectivity index (χ3v) is 2.18. The van der Waals surface area contributed by atoms with Gasteiger partial charge in [0.1, 0.15) is 0 Å². The number of hydrogen-bond acceptors (Lipinski definition) is 2. The summed E-state index contributed by atoms with van der Waals surface area (Å²) >= 11 is 0. The third-order valence-electron chi connectivity index (χ3n) is 2.18. The molecule has 0 aromatic rings. The lowest BCUT2D eigenvalue weighted by atomic mass is 10.2. The molecule has 0 amide bonds. The van der Waals surface area contributed by atoms with E-state index in [0.29, 0.717) is 0 Å². The second-order valence-electron chi connectivity index (χ2n) is 2.98.